The molecule has 1 fully saturated rings. The first-order chi connectivity index (χ1) is 24.3. The van der Waals surface area contributed by atoms with Crippen LogP contribution < -0.4 is 0 Å². The van der Waals surface area contributed by atoms with Crippen molar-refractivity contribution in [1.29, 1.82) is 0 Å². The van der Waals surface area contributed by atoms with Crippen molar-refractivity contribution >= 4 is 0 Å². The third-order valence-electron chi connectivity index (χ3n) is 10.1. The van der Waals surface area contributed by atoms with Gasteiger partial charge in [-0.15, -0.1) is 5.10 Å². The van der Waals surface area contributed by atoms with Gasteiger partial charge in [0.1, 0.15) is 36.6 Å². The van der Waals surface area contributed by atoms with Crippen LogP contribution in [0.15, 0.2) is 36.5 Å². The third-order valence-corrected chi connectivity index (χ3v) is 10.1. The predicted octanol–water partition coefficient (Wildman–Crippen LogP) is 5.18. The maximum atomic E-state index is 11.3. The topological polar surface area (TPSA) is 171 Å². The molecule has 2 aromatic rings. The van der Waals surface area contributed by atoms with Crippen molar-refractivity contribution in [2.75, 3.05) is 13.2 Å². The molecule has 1 aliphatic rings. The Morgan fingerprint density at radius 3 is 1.94 bits per heavy atom. The van der Waals surface area contributed by atoms with E-state index in [0.717, 1.165) is 63.5 Å². The first kappa shape index (κ1) is 42.5. The molecule has 1 aromatic carbocycles. The highest BCUT2D eigenvalue weighted by Gasteiger charge is 2.44. The lowest BCUT2D eigenvalue weighted by atomic mass is 9.98. The first-order valence-electron chi connectivity index (χ1n) is 19.6. The summed E-state index contributed by atoms with van der Waals surface area (Å²) >= 11 is 0. The SMILES string of the molecule is CCCCCCCCCCCCCC[C@@H](O)[C@@H](O)[C@H](CO[C@H]1OC(CO)[C@H](O)[C@H](O)[C@H]1O)n1cc(CCCCCCCc2ccccc2)nn1. The fourth-order valence-corrected chi connectivity index (χ4v) is 6.75. The Kier molecular flexibility index (Phi) is 21.3. The molecule has 0 aliphatic carbocycles. The van der Waals surface area contributed by atoms with E-state index in [1.807, 2.05) is 6.07 Å². The Morgan fingerprint density at radius 1 is 0.740 bits per heavy atom. The van der Waals surface area contributed by atoms with Crippen molar-refractivity contribution in [3.8, 4) is 0 Å². The van der Waals surface area contributed by atoms with Gasteiger partial charge >= 0.3 is 0 Å². The van der Waals surface area contributed by atoms with Gasteiger partial charge in [-0.1, -0.05) is 139 Å². The van der Waals surface area contributed by atoms with Gasteiger partial charge in [0.2, 0.25) is 0 Å². The maximum absolute atomic E-state index is 11.3. The Morgan fingerprint density at radius 2 is 1.32 bits per heavy atom. The summed E-state index contributed by atoms with van der Waals surface area (Å²) in [5, 5.41) is 71.3. The molecule has 3 rings (SSSR count). The van der Waals surface area contributed by atoms with Crippen molar-refractivity contribution in [2.24, 2.45) is 0 Å². The van der Waals surface area contributed by atoms with E-state index < -0.39 is 55.6 Å². The summed E-state index contributed by atoms with van der Waals surface area (Å²) in [6.07, 6.45) is 14.6. The number of hydrogen-bond donors (Lipinski definition) is 6. The fraction of sp³-hybridized carbons (Fsp3) is 0.795. The summed E-state index contributed by atoms with van der Waals surface area (Å²) in [7, 11) is 0. The van der Waals surface area contributed by atoms with E-state index in [9.17, 15) is 30.6 Å². The average Bonchev–Trinajstić information content (AvgIpc) is 3.60. The van der Waals surface area contributed by atoms with Gasteiger partial charge in [0.05, 0.1) is 25.0 Å². The number of aromatic nitrogens is 3. The molecular formula is C39H67N3O8. The molecule has 1 saturated heterocycles. The minimum absolute atomic E-state index is 0.219. The van der Waals surface area contributed by atoms with Crippen molar-refractivity contribution < 1.29 is 40.1 Å². The molecule has 50 heavy (non-hydrogen) atoms. The molecule has 0 amide bonds. The van der Waals surface area contributed by atoms with Crippen molar-refractivity contribution in [2.45, 2.75) is 184 Å². The standard InChI is InChI=1S/C39H67N3O8/c1-2-3-4-5-6-7-8-9-10-11-15-21-26-33(44)35(45)32(29-49-39-38(48)37(47)36(46)34(28-43)50-39)42-27-31(40-41-42)25-20-14-12-13-17-22-30-23-18-16-19-24-30/h16,18-19,23-24,27,32-39,43-48H,2-15,17,20-22,25-26,28-29H2,1H3/t32-,33+,34?,35-,36-,37-,38+,39-/m0/s1. The molecule has 0 bridgehead atoms. The van der Waals surface area contributed by atoms with Gasteiger partial charge in [-0.05, 0) is 37.7 Å². The molecule has 286 valence electrons. The summed E-state index contributed by atoms with van der Waals surface area (Å²) in [6.45, 7) is 1.45. The molecule has 0 spiro atoms. The quantitative estimate of drug-likeness (QED) is 0.0649. The number of nitrogens with zero attached hydrogens (tertiary/aromatic N) is 3. The normalized spacial score (nSPS) is 22.8. The van der Waals surface area contributed by atoms with Gasteiger partial charge in [0.15, 0.2) is 6.29 Å². The maximum Gasteiger partial charge on any atom is 0.186 e. The molecule has 1 aliphatic heterocycles. The van der Waals surface area contributed by atoms with Crippen LogP contribution in [0.2, 0.25) is 0 Å². The van der Waals surface area contributed by atoms with Crippen LogP contribution >= 0.6 is 0 Å². The summed E-state index contributed by atoms with van der Waals surface area (Å²) in [6, 6.07) is 9.68. The Bertz CT molecular complexity index is 1110. The molecule has 0 saturated carbocycles. The minimum Gasteiger partial charge on any atom is -0.394 e. The van der Waals surface area contributed by atoms with E-state index in [2.05, 4.69) is 41.5 Å². The second kappa shape index (κ2) is 25.1. The van der Waals surface area contributed by atoms with Gasteiger partial charge in [-0.2, -0.15) is 0 Å². The molecule has 11 nitrogen and oxygen atoms in total. The van der Waals surface area contributed by atoms with Crippen LogP contribution in [0.5, 0.6) is 0 Å². The van der Waals surface area contributed by atoms with Crippen LogP contribution in [0.25, 0.3) is 0 Å². The van der Waals surface area contributed by atoms with Gasteiger partial charge < -0.3 is 40.1 Å². The smallest absolute Gasteiger partial charge is 0.186 e. The van der Waals surface area contributed by atoms with Crippen LogP contribution in [0.1, 0.15) is 140 Å². The number of hydrogen-bond acceptors (Lipinski definition) is 10. The zero-order chi connectivity index (χ0) is 36.0. The highest BCUT2D eigenvalue weighted by Crippen LogP contribution is 2.25. The number of aliphatic hydroxyl groups is 6. The largest absolute Gasteiger partial charge is 0.394 e. The molecule has 0 radical (unpaired) electrons. The van der Waals surface area contributed by atoms with E-state index in [1.165, 1.54) is 74.5 Å². The Hall–Kier alpha value is -1.96. The third kappa shape index (κ3) is 15.3. The second-order valence-corrected chi connectivity index (χ2v) is 14.3. The zero-order valence-corrected chi connectivity index (χ0v) is 30.5. The number of aryl methyl sites for hydroxylation is 2. The van der Waals surface area contributed by atoms with E-state index in [1.54, 1.807) is 6.20 Å². The molecule has 6 N–H and O–H groups in total. The molecular weight excluding hydrogens is 638 g/mol. The van der Waals surface area contributed by atoms with Crippen molar-refractivity contribution in [3.05, 3.63) is 47.8 Å². The van der Waals surface area contributed by atoms with Gasteiger partial charge in [0.25, 0.3) is 0 Å². The summed E-state index contributed by atoms with van der Waals surface area (Å²) < 4.78 is 12.8. The van der Waals surface area contributed by atoms with Gasteiger partial charge in [-0.25, -0.2) is 4.68 Å². The van der Waals surface area contributed by atoms with E-state index >= 15 is 0 Å². The van der Waals surface area contributed by atoms with Crippen LogP contribution in [-0.2, 0) is 22.3 Å². The summed E-state index contributed by atoms with van der Waals surface area (Å²) in [4.78, 5) is 0. The highest BCUT2D eigenvalue weighted by atomic mass is 16.7. The van der Waals surface area contributed by atoms with Crippen LogP contribution in [-0.4, -0.2) is 102 Å². The van der Waals surface area contributed by atoms with Crippen molar-refractivity contribution in [3.63, 3.8) is 0 Å². The highest BCUT2D eigenvalue weighted by molar-refractivity contribution is 5.14. The average molecular weight is 706 g/mol. The molecule has 11 heteroatoms. The van der Waals surface area contributed by atoms with E-state index in [4.69, 9.17) is 9.47 Å². The molecule has 8 atom stereocenters. The van der Waals surface area contributed by atoms with Crippen LogP contribution in [0.4, 0.5) is 0 Å². The minimum atomic E-state index is -1.58. The summed E-state index contributed by atoms with van der Waals surface area (Å²) in [5.41, 5.74) is 2.14. The number of aliphatic hydroxyl groups excluding tert-OH is 6. The molecule has 1 unspecified atom stereocenters. The van der Waals surface area contributed by atoms with Crippen LogP contribution in [0, 0.1) is 0 Å². The first-order valence-corrected chi connectivity index (χ1v) is 19.6. The lowest BCUT2D eigenvalue weighted by Gasteiger charge is -2.40. The number of benzene rings is 1. The van der Waals surface area contributed by atoms with E-state index in [-0.39, 0.29) is 6.61 Å². The summed E-state index contributed by atoms with van der Waals surface area (Å²) in [5.74, 6) is 0. The van der Waals surface area contributed by atoms with E-state index in [0.29, 0.717) is 6.42 Å². The Labute approximate surface area is 300 Å². The van der Waals surface area contributed by atoms with Gasteiger partial charge in [0, 0.05) is 6.20 Å². The lowest BCUT2D eigenvalue weighted by molar-refractivity contribution is -0.304. The number of rotatable bonds is 28. The second-order valence-electron chi connectivity index (χ2n) is 14.3. The zero-order valence-electron chi connectivity index (χ0n) is 30.5. The number of unbranched alkanes of at least 4 members (excludes halogenated alkanes) is 15. The lowest BCUT2D eigenvalue weighted by Crippen LogP contribution is -2.59. The van der Waals surface area contributed by atoms with Crippen molar-refractivity contribution in [1.82, 2.24) is 15.0 Å². The fourth-order valence-electron chi connectivity index (χ4n) is 6.75. The monoisotopic (exact) mass is 705 g/mol. The predicted molar refractivity (Wildman–Crippen MR) is 193 cm³/mol. The number of ether oxygens (including phenoxy) is 2. The van der Waals surface area contributed by atoms with Crippen LogP contribution in [0.3, 0.4) is 0 Å². The van der Waals surface area contributed by atoms with Gasteiger partial charge in [-0.3, -0.25) is 0 Å². The molecule has 1 aromatic heterocycles. The molecule has 2 heterocycles. The Balaban J connectivity index is 1.46.